The van der Waals surface area contributed by atoms with Crippen LogP contribution in [-0.4, -0.2) is 6.54 Å². The van der Waals surface area contributed by atoms with Gasteiger partial charge in [0.2, 0.25) is 0 Å². The quantitative estimate of drug-likeness (QED) is 0.906. The van der Waals surface area contributed by atoms with Crippen molar-refractivity contribution in [3.8, 4) is 11.3 Å². The standard InChI is InChI=1S/C13H13Cl2NO/c14-9-3-5-11(12(15)8-9)13-6-4-10(17-13)2-1-7-16/h3-6,8H,1-2,7,16H2. The fourth-order valence-corrected chi connectivity index (χ4v) is 2.12. The number of hydrogen-bond acceptors (Lipinski definition) is 2. The lowest BCUT2D eigenvalue weighted by Gasteiger charge is -2.01. The summed E-state index contributed by atoms with van der Waals surface area (Å²) in [5, 5.41) is 1.21. The fourth-order valence-electron chi connectivity index (χ4n) is 1.62. The van der Waals surface area contributed by atoms with Gasteiger partial charge in [-0.25, -0.2) is 0 Å². The maximum absolute atomic E-state index is 6.11. The molecule has 0 saturated heterocycles. The summed E-state index contributed by atoms with van der Waals surface area (Å²) in [5.74, 6) is 1.69. The number of hydrogen-bond donors (Lipinski definition) is 1. The smallest absolute Gasteiger partial charge is 0.135 e. The van der Waals surface area contributed by atoms with Crippen LogP contribution < -0.4 is 5.73 Å². The number of nitrogens with two attached hydrogens (primary N) is 1. The van der Waals surface area contributed by atoms with Gasteiger partial charge in [-0.2, -0.15) is 0 Å². The Kier molecular flexibility index (Phi) is 4.11. The Morgan fingerprint density at radius 3 is 2.65 bits per heavy atom. The number of benzene rings is 1. The zero-order chi connectivity index (χ0) is 12.3. The minimum absolute atomic E-state index is 0.595. The molecule has 0 atom stereocenters. The summed E-state index contributed by atoms with van der Waals surface area (Å²) >= 11 is 12.0. The summed E-state index contributed by atoms with van der Waals surface area (Å²) in [6, 6.07) is 9.23. The predicted molar refractivity (Wildman–Crippen MR) is 71.5 cm³/mol. The van der Waals surface area contributed by atoms with Crippen LogP contribution in [0.15, 0.2) is 34.7 Å². The highest BCUT2D eigenvalue weighted by molar-refractivity contribution is 6.36. The van der Waals surface area contributed by atoms with Gasteiger partial charge in [0.15, 0.2) is 0 Å². The van der Waals surface area contributed by atoms with Crippen molar-refractivity contribution in [1.29, 1.82) is 0 Å². The second kappa shape index (κ2) is 5.58. The summed E-state index contributed by atoms with van der Waals surface area (Å²) in [7, 11) is 0. The average molecular weight is 270 g/mol. The number of aryl methyl sites for hydroxylation is 1. The van der Waals surface area contributed by atoms with Gasteiger partial charge in [0, 0.05) is 17.0 Å². The van der Waals surface area contributed by atoms with Crippen molar-refractivity contribution >= 4 is 23.2 Å². The third-order valence-electron chi connectivity index (χ3n) is 2.49. The fraction of sp³-hybridized carbons (Fsp3) is 0.231. The Morgan fingerprint density at radius 2 is 1.94 bits per heavy atom. The number of rotatable bonds is 4. The second-order valence-electron chi connectivity index (χ2n) is 3.78. The Bertz CT molecular complexity index is 508. The van der Waals surface area contributed by atoms with Crippen molar-refractivity contribution in [2.24, 2.45) is 5.73 Å². The van der Waals surface area contributed by atoms with Gasteiger partial charge in [0.1, 0.15) is 11.5 Å². The molecule has 17 heavy (non-hydrogen) atoms. The maximum atomic E-state index is 6.11. The van der Waals surface area contributed by atoms with Crippen molar-refractivity contribution in [2.45, 2.75) is 12.8 Å². The summed E-state index contributed by atoms with van der Waals surface area (Å²) in [6.07, 6.45) is 1.77. The Labute approximate surface area is 110 Å². The summed E-state index contributed by atoms with van der Waals surface area (Å²) in [4.78, 5) is 0. The molecule has 2 nitrogen and oxygen atoms in total. The first-order chi connectivity index (χ1) is 8.20. The molecule has 0 aliphatic heterocycles. The minimum atomic E-state index is 0.595. The predicted octanol–water partition coefficient (Wildman–Crippen LogP) is 4.14. The van der Waals surface area contributed by atoms with Gasteiger partial charge in [-0.1, -0.05) is 23.2 Å². The van der Waals surface area contributed by atoms with Crippen LogP contribution in [0.25, 0.3) is 11.3 Å². The van der Waals surface area contributed by atoms with Crippen LogP contribution in [0.4, 0.5) is 0 Å². The summed E-state index contributed by atoms with van der Waals surface area (Å²) in [6.45, 7) is 0.664. The van der Waals surface area contributed by atoms with E-state index in [1.54, 1.807) is 12.1 Å². The minimum Gasteiger partial charge on any atom is -0.461 e. The average Bonchev–Trinajstić information content (AvgIpc) is 2.75. The third-order valence-corrected chi connectivity index (χ3v) is 3.03. The van der Waals surface area contributed by atoms with Gasteiger partial charge in [-0.05, 0) is 43.3 Å². The van der Waals surface area contributed by atoms with Gasteiger partial charge >= 0.3 is 0 Å². The zero-order valence-electron chi connectivity index (χ0n) is 9.25. The van der Waals surface area contributed by atoms with E-state index in [-0.39, 0.29) is 0 Å². The zero-order valence-corrected chi connectivity index (χ0v) is 10.8. The SMILES string of the molecule is NCCCc1ccc(-c2ccc(Cl)cc2Cl)o1. The van der Waals surface area contributed by atoms with Gasteiger partial charge in [-0.15, -0.1) is 0 Å². The third kappa shape index (κ3) is 3.03. The normalized spacial score (nSPS) is 10.8. The molecule has 2 aromatic rings. The molecular weight excluding hydrogens is 257 g/mol. The molecule has 90 valence electrons. The molecule has 0 unspecified atom stereocenters. The van der Waals surface area contributed by atoms with Crippen LogP contribution >= 0.6 is 23.2 Å². The topological polar surface area (TPSA) is 39.2 Å². The Balaban J connectivity index is 2.24. The summed E-state index contributed by atoms with van der Waals surface area (Å²) in [5.41, 5.74) is 6.31. The van der Waals surface area contributed by atoms with Crippen LogP contribution in [0.5, 0.6) is 0 Å². The maximum Gasteiger partial charge on any atom is 0.135 e. The lowest BCUT2D eigenvalue weighted by Crippen LogP contribution is -1.99. The monoisotopic (exact) mass is 269 g/mol. The van der Waals surface area contributed by atoms with Crippen LogP contribution in [0, 0.1) is 0 Å². The lowest BCUT2D eigenvalue weighted by atomic mass is 10.2. The van der Waals surface area contributed by atoms with E-state index in [1.807, 2.05) is 18.2 Å². The van der Waals surface area contributed by atoms with E-state index in [9.17, 15) is 0 Å². The number of furan rings is 1. The molecule has 1 aromatic carbocycles. The highest BCUT2D eigenvalue weighted by Crippen LogP contribution is 2.31. The van der Waals surface area contributed by atoms with Crippen LogP contribution in [0.2, 0.25) is 10.0 Å². The second-order valence-corrected chi connectivity index (χ2v) is 4.63. The first kappa shape index (κ1) is 12.5. The van der Waals surface area contributed by atoms with Crippen molar-refractivity contribution in [1.82, 2.24) is 0 Å². The highest BCUT2D eigenvalue weighted by Gasteiger charge is 2.08. The van der Waals surface area contributed by atoms with E-state index in [2.05, 4.69) is 0 Å². The molecule has 0 spiro atoms. The molecule has 0 saturated carbocycles. The molecule has 0 amide bonds. The Hall–Kier alpha value is -0.960. The molecule has 0 aliphatic carbocycles. The molecule has 0 fully saturated rings. The number of halogens is 2. The van der Waals surface area contributed by atoms with E-state index in [0.29, 0.717) is 16.6 Å². The molecule has 0 radical (unpaired) electrons. The van der Waals surface area contributed by atoms with E-state index in [1.165, 1.54) is 0 Å². The lowest BCUT2D eigenvalue weighted by molar-refractivity contribution is 0.515. The van der Waals surface area contributed by atoms with Crippen LogP contribution in [0.1, 0.15) is 12.2 Å². The van der Waals surface area contributed by atoms with E-state index in [0.717, 1.165) is 29.9 Å². The van der Waals surface area contributed by atoms with E-state index < -0.39 is 0 Å². The summed E-state index contributed by atoms with van der Waals surface area (Å²) < 4.78 is 5.71. The molecule has 1 heterocycles. The molecule has 2 N–H and O–H groups in total. The van der Waals surface area contributed by atoms with Crippen molar-refractivity contribution < 1.29 is 4.42 Å². The molecule has 0 bridgehead atoms. The van der Waals surface area contributed by atoms with Gasteiger partial charge < -0.3 is 10.2 Å². The molecular formula is C13H13Cl2NO. The molecule has 1 aromatic heterocycles. The van der Waals surface area contributed by atoms with Crippen molar-refractivity contribution in [3.05, 3.63) is 46.1 Å². The first-order valence-corrected chi connectivity index (χ1v) is 6.20. The van der Waals surface area contributed by atoms with E-state index >= 15 is 0 Å². The van der Waals surface area contributed by atoms with E-state index in [4.69, 9.17) is 33.4 Å². The van der Waals surface area contributed by atoms with Gasteiger partial charge in [0.25, 0.3) is 0 Å². The van der Waals surface area contributed by atoms with Gasteiger partial charge in [-0.3, -0.25) is 0 Å². The Morgan fingerprint density at radius 1 is 1.12 bits per heavy atom. The largest absolute Gasteiger partial charge is 0.461 e. The molecule has 0 aliphatic rings. The van der Waals surface area contributed by atoms with Crippen LogP contribution in [0.3, 0.4) is 0 Å². The molecule has 2 rings (SSSR count). The highest BCUT2D eigenvalue weighted by atomic mass is 35.5. The first-order valence-electron chi connectivity index (χ1n) is 5.45. The van der Waals surface area contributed by atoms with Gasteiger partial charge in [0.05, 0.1) is 5.02 Å². The van der Waals surface area contributed by atoms with Crippen LogP contribution in [-0.2, 0) is 6.42 Å². The molecule has 4 heteroatoms. The van der Waals surface area contributed by atoms with Crippen molar-refractivity contribution in [2.75, 3.05) is 6.54 Å². The van der Waals surface area contributed by atoms with Crippen molar-refractivity contribution in [3.63, 3.8) is 0 Å².